The summed E-state index contributed by atoms with van der Waals surface area (Å²) >= 11 is 0. The van der Waals surface area contributed by atoms with Crippen LogP contribution in [0.3, 0.4) is 0 Å². The SMILES string of the molecule is CC(C#N)(Cc1ccccc1)c1cc(F)cc(F)c1. The van der Waals surface area contributed by atoms with Crippen molar-refractivity contribution in [2.45, 2.75) is 18.8 Å². The maximum absolute atomic E-state index is 13.3. The minimum absolute atomic E-state index is 0.358. The lowest BCUT2D eigenvalue weighted by Gasteiger charge is -2.22. The minimum Gasteiger partial charge on any atom is -0.207 e. The van der Waals surface area contributed by atoms with Gasteiger partial charge in [-0.1, -0.05) is 30.3 Å². The molecule has 0 heterocycles. The van der Waals surface area contributed by atoms with Crippen molar-refractivity contribution in [2.24, 2.45) is 0 Å². The smallest absolute Gasteiger partial charge is 0.126 e. The summed E-state index contributed by atoms with van der Waals surface area (Å²) in [7, 11) is 0. The second-order valence-corrected chi connectivity index (χ2v) is 4.76. The fraction of sp³-hybridized carbons (Fsp3) is 0.188. The van der Waals surface area contributed by atoms with E-state index < -0.39 is 17.0 Å². The lowest BCUT2D eigenvalue weighted by Crippen LogP contribution is -2.23. The molecule has 0 aliphatic heterocycles. The summed E-state index contributed by atoms with van der Waals surface area (Å²) in [6.45, 7) is 1.69. The summed E-state index contributed by atoms with van der Waals surface area (Å²) in [5.74, 6) is -1.32. The number of nitrogens with zero attached hydrogens (tertiary/aromatic N) is 1. The van der Waals surface area contributed by atoms with Crippen LogP contribution in [0.15, 0.2) is 48.5 Å². The Kier molecular flexibility index (Phi) is 3.62. The zero-order chi connectivity index (χ0) is 13.9. The van der Waals surface area contributed by atoms with Gasteiger partial charge in [0.1, 0.15) is 11.6 Å². The Bertz CT molecular complexity index is 596. The van der Waals surface area contributed by atoms with E-state index in [4.69, 9.17) is 0 Å². The molecule has 0 radical (unpaired) electrons. The molecule has 1 nitrogen and oxygen atoms in total. The van der Waals surface area contributed by atoms with Gasteiger partial charge in [0.2, 0.25) is 0 Å². The number of halogens is 2. The third-order valence-corrected chi connectivity index (χ3v) is 3.15. The van der Waals surface area contributed by atoms with Crippen molar-refractivity contribution >= 4 is 0 Å². The highest BCUT2D eigenvalue weighted by Gasteiger charge is 2.28. The van der Waals surface area contributed by atoms with Crippen LogP contribution in [0.4, 0.5) is 8.78 Å². The van der Waals surface area contributed by atoms with E-state index in [9.17, 15) is 14.0 Å². The molecule has 0 saturated carbocycles. The second kappa shape index (κ2) is 5.19. The van der Waals surface area contributed by atoms with Gasteiger partial charge in [0.25, 0.3) is 0 Å². The molecule has 0 fully saturated rings. The number of hydrogen-bond acceptors (Lipinski definition) is 1. The molecule has 1 unspecified atom stereocenters. The predicted molar refractivity (Wildman–Crippen MR) is 69.5 cm³/mol. The Hall–Kier alpha value is -2.21. The molecule has 0 aromatic heterocycles. The van der Waals surface area contributed by atoms with Gasteiger partial charge in [-0.25, -0.2) is 8.78 Å². The third kappa shape index (κ3) is 2.97. The first-order valence-corrected chi connectivity index (χ1v) is 5.95. The van der Waals surface area contributed by atoms with Crippen LogP contribution in [-0.4, -0.2) is 0 Å². The van der Waals surface area contributed by atoms with E-state index in [1.165, 1.54) is 12.1 Å². The fourth-order valence-corrected chi connectivity index (χ4v) is 2.08. The lowest BCUT2D eigenvalue weighted by molar-refractivity contribution is 0.553. The summed E-state index contributed by atoms with van der Waals surface area (Å²) in [5, 5.41) is 9.39. The fourth-order valence-electron chi connectivity index (χ4n) is 2.08. The van der Waals surface area contributed by atoms with Gasteiger partial charge in [-0.3, -0.25) is 0 Å². The number of hydrogen-bond donors (Lipinski definition) is 0. The van der Waals surface area contributed by atoms with E-state index in [-0.39, 0.29) is 0 Å². The molecule has 2 aromatic rings. The molecule has 0 N–H and O–H groups in total. The average Bonchev–Trinajstić information content (AvgIpc) is 2.38. The summed E-state index contributed by atoms with van der Waals surface area (Å²) in [4.78, 5) is 0. The lowest BCUT2D eigenvalue weighted by atomic mass is 9.78. The van der Waals surface area contributed by atoms with Crippen molar-refractivity contribution in [2.75, 3.05) is 0 Å². The van der Waals surface area contributed by atoms with Gasteiger partial charge in [-0.15, -0.1) is 0 Å². The Morgan fingerprint density at radius 1 is 1.05 bits per heavy atom. The topological polar surface area (TPSA) is 23.8 Å². The van der Waals surface area contributed by atoms with Gasteiger partial charge in [0.05, 0.1) is 11.5 Å². The predicted octanol–water partition coefficient (Wildman–Crippen LogP) is 3.99. The van der Waals surface area contributed by atoms with Crippen molar-refractivity contribution in [3.63, 3.8) is 0 Å². The Labute approximate surface area is 111 Å². The quantitative estimate of drug-likeness (QED) is 0.815. The molecule has 19 heavy (non-hydrogen) atoms. The number of benzene rings is 2. The zero-order valence-corrected chi connectivity index (χ0v) is 10.5. The normalized spacial score (nSPS) is 13.6. The molecule has 0 saturated heterocycles. The molecule has 96 valence electrons. The summed E-state index contributed by atoms with van der Waals surface area (Å²) in [6, 6.07) is 14.8. The molecule has 0 amide bonds. The Morgan fingerprint density at radius 3 is 2.16 bits per heavy atom. The average molecular weight is 257 g/mol. The molecule has 0 spiro atoms. The van der Waals surface area contributed by atoms with Crippen LogP contribution in [-0.2, 0) is 11.8 Å². The largest absolute Gasteiger partial charge is 0.207 e. The summed E-state index contributed by atoms with van der Waals surface area (Å²) < 4.78 is 26.6. The molecule has 2 rings (SSSR count). The first kappa shape index (κ1) is 13.2. The Balaban J connectivity index is 2.40. The van der Waals surface area contributed by atoms with Crippen LogP contribution in [0.2, 0.25) is 0 Å². The van der Waals surface area contributed by atoms with Crippen molar-refractivity contribution < 1.29 is 8.78 Å². The van der Waals surface area contributed by atoms with Gasteiger partial charge < -0.3 is 0 Å². The molecule has 0 bridgehead atoms. The van der Waals surface area contributed by atoms with Crippen LogP contribution >= 0.6 is 0 Å². The monoisotopic (exact) mass is 257 g/mol. The van der Waals surface area contributed by atoms with Crippen molar-refractivity contribution in [3.05, 3.63) is 71.3 Å². The van der Waals surface area contributed by atoms with E-state index in [2.05, 4.69) is 6.07 Å². The number of nitriles is 1. The highest BCUT2D eigenvalue weighted by molar-refractivity contribution is 5.35. The van der Waals surface area contributed by atoms with Gasteiger partial charge in [-0.2, -0.15) is 5.26 Å². The van der Waals surface area contributed by atoms with Crippen LogP contribution < -0.4 is 0 Å². The van der Waals surface area contributed by atoms with Crippen LogP contribution in [0.5, 0.6) is 0 Å². The van der Waals surface area contributed by atoms with E-state index in [1.807, 2.05) is 30.3 Å². The molecule has 0 aliphatic carbocycles. The highest BCUT2D eigenvalue weighted by atomic mass is 19.1. The van der Waals surface area contributed by atoms with Gasteiger partial charge in [0, 0.05) is 6.07 Å². The van der Waals surface area contributed by atoms with Gasteiger partial charge in [-0.05, 0) is 36.6 Å². The maximum atomic E-state index is 13.3. The molecule has 2 aromatic carbocycles. The molecular formula is C16H13F2N. The van der Waals surface area contributed by atoms with E-state index >= 15 is 0 Å². The summed E-state index contributed by atoms with van der Waals surface area (Å²) in [6.07, 6.45) is 0.410. The van der Waals surface area contributed by atoms with Gasteiger partial charge in [0.15, 0.2) is 0 Å². The molecular weight excluding hydrogens is 244 g/mol. The first-order chi connectivity index (χ1) is 9.03. The zero-order valence-electron chi connectivity index (χ0n) is 10.5. The van der Waals surface area contributed by atoms with Gasteiger partial charge >= 0.3 is 0 Å². The van der Waals surface area contributed by atoms with E-state index in [1.54, 1.807) is 6.92 Å². The maximum Gasteiger partial charge on any atom is 0.126 e. The minimum atomic E-state index is -0.954. The van der Waals surface area contributed by atoms with Crippen LogP contribution in [0.1, 0.15) is 18.1 Å². The van der Waals surface area contributed by atoms with Crippen molar-refractivity contribution in [1.29, 1.82) is 5.26 Å². The third-order valence-electron chi connectivity index (χ3n) is 3.15. The first-order valence-electron chi connectivity index (χ1n) is 5.95. The number of rotatable bonds is 3. The van der Waals surface area contributed by atoms with E-state index in [0.717, 1.165) is 11.6 Å². The molecule has 3 heteroatoms. The van der Waals surface area contributed by atoms with Crippen molar-refractivity contribution in [1.82, 2.24) is 0 Å². The Morgan fingerprint density at radius 2 is 1.63 bits per heavy atom. The molecule has 0 aliphatic rings. The molecule has 1 atom stereocenters. The van der Waals surface area contributed by atoms with Crippen molar-refractivity contribution in [3.8, 4) is 6.07 Å². The highest BCUT2D eigenvalue weighted by Crippen LogP contribution is 2.28. The van der Waals surface area contributed by atoms with Crippen LogP contribution in [0.25, 0.3) is 0 Å². The summed E-state index contributed by atoms with van der Waals surface area (Å²) in [5.41, 5.74) is 0.358. The second-order valence-electron chi connectivity index (χ2n) is 4.76. The van der Waals surface area contributed by atoms with Crippen LogP contribution in [0, 0.1) is 23.0 Å². The standard InChI is InChI=1S/C16H13F2N/c1-16(11-19,10-12-5-3-2-4-6-12)13-7-14(17)9-15(18)8-13/h2-9H,10H2,1H3. The van der Waals surface area contributed by atoms with E-state index in [0.29, 0.717) is 12.0 Å².